The van der Waals surface area contributed by atoms with Crippen molar-refractivity contribution in [3.63, 3.8) is 0 Å². The molecule has 0 bridgehead atoms. The maximum absolute atomic E-state index is 13.1. The zero-order valence-electron chi connectivity index (χ0n) is 11.2. The quantitative estimate of drug-likeness (QED) is 0.812. The van der Waals surface area contributed by atoms with Gasteiger partial charge in [-0.25, -0.2) is 13.6 Å². The lowest BCUT2D eigenvalue weighted by Gasteiger charge is -2.26. The van der Waals surface area contributed by atoms with Crippen LogP contribution in [-0.4, -0.2) is 24.7 Å². The lowest BCUT2D eigenvalue weighted by molar-refractivity contribution is -0.151. The zero-order chi connectivity index (χ0) is 14.8. The second kappa shape index (κ2) is 5.75. The fourth-order valence-electron chi connectivity index (χ4n) is 2.02. The molecule has 20 heavy (non-hydrogen) atoms. The van der Waals surface area contributed by atoms with Crippen molar-refractivity contribution >= 4 is 5.97 Å². The minimum atomic E-state index is -1.27. The van der Waals surface area contributed by atoms with Crippen LogP contribution in [0.5, 0.6) is 5.75 Å². The predicted octanol–water partition coefficient (Wildman–Crippen LogP) is 2.01. The normalized spacial score (nSPS) is 17.4. The first kappa shape index (κ1) is 14.7. The fraction of sp³-hybridized carbons (Fsp3) is 0.500. The lowest BCUT2D eigenvalue weighted by Crippen LogP contribution is -2.55. The standard InChI is InChI=1S/C14H17F2NO3/c1-2-19-13(18)14(17,9-3-4-9)8-20-12-6-10(15)5-11(16)7-12/h5-7,9H,2-4,8,17H2,1H3. The van der Waals surface area contributed by atoms with E-state index >= 15 is 0 Å². The molecule has 1 saturated carbocycles. The Bertz CT molecular complexity index is 485. The van der Waals surface area contributed by atoms with E-state index in [1.54, 1.807) is 6.92 Å². The molecule has 1 aromatic carbocycles. The van der Waals surface area contributed by atoms with Crippen LogP contribution in [0.15, 0.2) is 18.2 Å². The lowest BCUT2D eigenvalue weighted by atomic mass is 9.96. The molecule has 0 spiro atoms. The fourth-order valence-corrected chi connectivity index (χ4v) is 2.02. The van der Waals surface area contributed by atoms with E-state index in [4.69, 9.17) is 15.2 Å². The molecular weight excluding hydrogens is 268 g/mol. The van der Waals surface area contributed by atoms with Crippen LogP contribution in [-0.2, 0) is 9.53 Å². The number of esters is 1. The van der Waals surface area contributed by atoms with E-state index in [1.807, 2.05) is 0 Å². The highest BCUT2D eigenvalue weighted by atomic mass is 19.1. The average Bonchev–Trinajstić information content (AvgIpc) is 3.19. The number of carbonyl (C=O) groups excluding carboxylic acids is 1. The van der Waals surface area contributed by atoms with E-state index in [2.05, 4.69) is 0 Å². The van der Waals surface area contributed by atoms with Gasteiger partial charge in [0.15, 0.2) is 5.54 Å². The zero-order valence-corrected chi connectivity index (χ0v) is 11.2. The SMILES string of the molecule is CCOC(=O)C(N)(COc1cc(F)cc(F)c1)C1CC1. The molecule has 1 fully saturated rings. The molecule has 1 aliphatic carbocycles. The van der Waals surface area contributed by atoms with Crippen LogP contribution in [0.4, 0.5) is 8.78 Å². The van der Waals surface area contributed by atoms with Crippen LogP contribution in [0.2, 0.25) is 0 Å². The maximum atomic E-state index is 13.1. The summed E-state index contributed by atoms with van der Waals surface area (Å²) >= 11 is 0. The highest BCUT2D eigenvalue weighted by Crippen LogP contribution is 2.39. The Morgan fingerprint density at radius 1 is 1.35 bits per heavy atom. The predicted molar refractivity (Wildman–Crippen MR) is 68.1 cm³/mol. The summed E-state index contributed by atoms with van der Waals surface area (Å²) < 4.78 is 36.4. The van der Waals surface area contributed by atoms with E-state index in [0.29, 0.717) is 0 Å². The molecule has 110 valence electrons. The van der Waals surface area contributed by atoms with E-state index in [-0.39, 0.29) is 24.9 Å². The summed E-state index contributed by atoms with van der Waals surface area (Å²) in [5.41, 5.74) is 4.80. The summed E-state index contributed by atoms with van der Waals surface area (Å²) in [4.78, 5) is 11.9. The minimum absolute atomic E-state index is 0.00211. The maximum Gasteiger partial charge on any atom is 0.329 e. The molecule has 2 rings (SSSR count). The van der Waals surface area contributed by atoms with Gasteiger partial charge in [-0.3, -0.25) is 0 Å². The van der Waals surface area contributed by atoms with Gasteiger partial charge in [-0.1, -0.05) is 0 Å². The molecule has 6 heteroatoms. The van der Waals surface area contributed by atoms with Crippen molar-refractivity contribution in [1.82, 2.24) is 0 Å². The van der Waals surface area contributed by atoms with Gasteiger partial charge < -0.3 is 15.2 Å². The van der Waals surface area contributed by atoms with Gasteiger partial charge in [-0.05, 0) is 25.7 Å². The number of ether oxygens (including phenoxy) is 2. The van der Waals surface area contributed by atoms with Crippen molar-refractivity contribution < 1.29 is 23.0 Å². The first-order valence-electron chi connectivity index (χ1n) is 6.50. The van der Waals surface area contributed by atoms with Crippen LogP contribution in [0.25, 0.3) is 0 Å². The van der Waals surface area contributed by atoms with Gasteiger partial charge in [-0.2, -0.15) is 0 Å². The molecular formula is C14H17F2NO3. The summed E-state index contributed by atoms with van der Waals surface area (Å²) in [6.45, 7) is 1.74. The summed E-state index contributed by atoms with van der Waals surface area (Å²) in [6, 6.07) is 2.83. The third kappa shape index (κ3) is 3.25. The Morgan fingerprint density at radius 2 is 1.95 bits per heavy atom. The van der Waals surface area contributed by atoms with Gasteiger partial charge in [-0.15, -0.1) is 0 Å². The Labute approximate surface area is 115 Å². The second-order valence-corrected chi connectivity index (χ2v) is 4.93. The molecule has 1 atom stereocenters. The summed E-state index contributed by atoms with van der Waals surface area (Å²) in [5, 5.41) is 0. The summed E-state index contributed by atoms with van der Waals surface area (Å²) in [7, 11) is 0. The Balaban J connectivity index is 2.07. The van der Waals surface area contributed by atoms with Gasteiger partial charge >= 0.3 is 5.97 Å². The molecule has 1 aliphatic rings. The molecule has 0 amide bonds. The number of benzene rings is 1. The van der Waals surface area contributed by atoms with E-state index in [9.17, 15) is 13.6 Å². The smallest absolute Gasteiger partial charge is 0.329 e. The molecule has 0 heterocycles. The molecule has 2 N–H and O–H groups in total. The highest BCUT2D eigenvalue weighted by molar-refractivity contribution is 5.81. The van der Waals surface area contributed by atoms with Crippen molar-refractivity contribution in [2.75, 3.05) is 13.2 Å². The number of carbonyl (C=O) groups is 1. The van der Waals surface area contributed by atoms with E-state index in [1.165, 1.54) is 0 Å². The second-order valence-electron chi connectivity index (χ2n) is 4.93. The van der Waals surface area contributed by atoms with Crippen molar-refractivity contribution in [1.29, 1.82) is 0 Å². The number of nitrogens with two attached hydrogens (primary N) is 1. The molecule has 0 aromatic heterocycles. The van der Waals surface area contributed by atoms with Crippen molar-refractivity contribution in [3.05, 3.63) is 29.8 Å². The number of rotatable bonds is 6. The monoisotopic (exact) mass is 285 g/mol. The van der Waals surface area contributed by atoms with Crippen LogP contribution >= 0.6 is 0 Å². The topological polar surface area (TPSA) is 61.5 Å². The van der Waals surface area contributed by atoms with Crippen molar-refractivity contribution in [3.8, 4) is 5.75 Å². The summed E-state index contributed by atoms with van der Waals surface area (Å²) in [6.07, 6.45) is 1.63. The van der Waals surface area contributed by atoms with Crippen LogP contribution < -0.4 is 10.5 Å². The molecule has 4 nitrogen and oxygen atoms in total. The van der Waals surface area contributed by atoms with Gasteiger partial charge in [0.1, 0.15) is 24.0 Å². The van der Waals surface area contributed by atoms with Crippen LogP contribution in [0, 0.1) is 17.6 Å². The van der Waals surface area contributed by atoms with Crippen LogP contribution in [0.3, 0.4) is 0 Å². The van der Waals surface area contributed by atoms with Gasteiger partial charge in [0.25, 0.3) is 0 Å². The van der Waals surface area contributed by atoms with Gasteiger partial charge in [0.2, 0.25) is 0 Å². The average molecular weight is 285 g/mol. The molecule has 1 aromatic rings. The van der Waals surface area contributed by atoms with Crippen LogP contribution in [0.1, 0.15) is 19.8 Å². The highest BCUT2D eigenvalue weighted by Gasteiger charge is 2.50. The third-order valence-electron chi connectivity index (χ3n) is 3.28. The van der Waals surface area contributed by atoms with E-state index < -0.39 is 23.1 Å². The van der Waals surface area contributed by atoms with Crippen molar-refractivity contribution in [2.24, 2.45) is 11.7 Å². The Hall–Kier alpha value is -1.69. The van der Waals surface area contributed by atoms with Gasteiger partial charge in [0, 0.05) is 18.2 Å². The largest absolute Gasteiger partial charge is 0.491 e. The first-order valence-corrected chi connectivity index (χ1v) is 6.50. The molecule has 0 saturated heterocycles. The summed E-state index contributed by atoms with van der Waals surface area (Å²) in [5.74, 6) is -2.04. The van der Waals surface area contributed by atoms with Gasteiger partial charge in [0.05, 0.1) is 6.61 Å². The third-order valence-corrected chi connectivity index (χ3v) is 3.28. The Morgan fingerprint density at radius 3 is 2.45 bits per heavy atom. The number of hydrogen-bond donors (Lipinski definition) is 1. The van der Waals surface area contributed by atoms with Crippen molar-refractivity contribution in [2.45, 2.75) is 25.3 Å². The Kier molecular flexibility index (Phi) is 4.23. The minimum Gasteiger partial charge on any atom is -0.491 e. The number of hydrogen-bond acceptors (Lipinski definition) is 4. The number of halogens is 2. The molecule has 1 unspecified atom stereocenters. The van der Waals surface area contributed by atoms with E-state index in [0.717, 1.165) is 31.0 Å². The first-order chi connectivity index (χ1) is 9.45. The molecule has 0 aliphatic heterocycles. The molecule has 0 radical (unpaired) electrons.